The van der Waals surface area contributed by atoms with Crippen LogP contribution in [0.25, 0.3) is 0 Å². The Hall–Kier alpha value is -0.160. The molecule has 2 saturated carbocycles. The van der Waals surface area contributed by atoms with Crippen LogP contribution in [-0.4, -0.2) is 37.3 Å². The van der Waals surface area contributed by atoms with Crippen LogP contribution < -0.4 is 22.1 Å². The Morgan fingerprint density at radius 3 is 1.39 bits per heavy atom. The number of nitrogens with two attached hydrogens (primary N) is 2. The summed E-state index contributed by atoms with van der Waals surface area (Å²) < 4.78 is 0. The van der Waals surface area contributed by atoms with Gasteiger partial charge in [0, 0.05) is 11.1 Å². The standard InChI is InChI=1S/C14H30N4/c15-9-7-13(3-4-13)17-11-1-2-12-18-14(5-6-14)8-10-16/h17-18H,1-12,15-16H2. The van der Waals surface area contributed by atoms with E-state index in [1.807, 2.05) is 0 Å². The molecule has 106 valence electrons. The zero-order valence-electron chi connectivity index (χ0n) is 11.6. The van der Waals surface area contributed by atoms with E-state index in [1.165, 1.54) is 38.5 Å². The lowest BCUT2D eigenvalue weighted by molar-refractivity contribution is 0.434. The molecular formula is C14H30N4. The molecule has 2 fully saturated rings. The molecule has 0 amide bonds. The quantitative estimate of drug-likeness (QED) is 0.410. The van der Waals surface area contributed by atoms with Gasteiger partial charge in [-0.05, 0) is 77.5 Å². The molecule has 0 aromatic carbocycles. The molecule has 0 spiro atoms. The lowest BCUT2D eigenvalue weighted by Gasteiger charge is -2.18. The molecule has 2 aliphatic rings. The van der Waals surface area contributed by atoms with E-state index in [1.54, 1.807) is 0 Å². The molecule has 18 heavy (non-hydrogen) atoms. The second-order valence-electron chi connectivity index (χ2n) is 6.20. The van der Waals surface area contributed by atoms with Gasteiger partial charge in [-0.3, -0.25) is 0 Å². The van der Waals surface area contributed by atoms with E-state index in [0.717, 1.165) is 39.0 Å². The van der Waals surface area contributed by atoms with Gasteiger partial charge in [0.2, 0.25) is 0 Å². The average molecular weight is 254 g/mol. The molecule has 4 heteroatoms. The van der Waals surface area contributed by atoms with Crippen LogP contribution in [0.2, 0.25) is 0 Å². The highest BCUT2D eigenvalue weighted by molar-refractivity contribution is 5.02. The molecule has 0 bridgehead atoms. The van der Waals surface area contributed by atoms with Gasteiger partial charge in [-0.25, -0.2) is 0 Å². The number of hydrogen-bond donors (Lipinski definition) is 4. The molecule has 2 aliphatic carbocycles. The van der Waals surface area contributed by atoms with Crippen LogP contribution in [0.4, 0.5) is 0 Å². The fourth-order valence-electron chi connectivity index (χ4n) is 2.84. The van der Waals surface area contributed by atoms with E-state index in [-0.39, 0.29) is 0 Å². The molecule has 0 saturated heterocycles. The summed E-state index contributed by atoms with van der Waals surface area (Å²) in [5, 5.41) is 7.36. The molecule has 0 aromatic rings. The van der Waals surface area contributed by atoms with E-state index in [4.69, 9.17) is 11.5 Å². The van der Waals surface area contributed by atoms with E-state index in [2.05, 4.69) is 10.6 Å². The topological polar surface area (TPSA) is 76.1 Å². The van der Waals surface area contributed by atoms with Crippen molar-refractivity contribution in [2.24, 2.45) is 11.5 Å². The van der Waals surface area contributed by atoms with Gasteiger partial charge in [0.1, 0.15) is 0 Å². The van der Waals surface area contributed by atoms with E-state index in [9.17, 15) is 0 Å². The molecule has 4 nitrogen and oxygen atoms in total. The van der Waals surface area contributed by atoms with E-state index >= 15 is 0 Å². The number of rotatable bonds is 11. The fourth-order valence-corrected chi connectivity index (χ4v) is 2.84. The minimum atomic E-state index is 0.430. The van der Waals surface area contributed by atoms with Gasteiger partial charge in [0.25, 0.3) is 0 Å². The van der Waals surface area contributed by atoms with Crippen molar-refractivity contribution in [3.05, 3.63) is 0 Å². The Balaban J connectivity index is 1.45. The first-order valence-electron chi connectivity index (χ1n) is 7.64. The highest BCUT2D eigenvalue weighted by Crippen LogP contribution is 2.38. The fraction of sp³-hybridized carbons (Fsp3) is 1.00. The third kappa shape index (κ3) is 4.19. The highest BCUT2D eigenvalue weighted by atomic mass is 15.0. The molecule has 0 radical (unpaired) electrons. The summed E-state index contributed by atoms with van der Waals surface area (Å²) in [7, 11) is 0. The Labute approximate surface area is 111 Å². The molecule has 6 N–H and O–H groups in total. The molecule has 0 heterocycles. The summed E-state index contributed by atoms with van der Waals surface area (Å²) in [4.78, 5) is 0. The predicted molar refractivity (Wildman–Crippen MR) is 76.5 cm³/mol. The van der Waals surface area contributed by atoms with Crippen molar-refractivity contribution >= 4 is 0 Å². The van der Waals surface area contributed by atoms with Crippen LogP contribution in [0, 0.1) is 0 Å². The first kappa shape index (κ1) is 14.3. The summed E-state index contributed by atoms with van der Waals surface area (Å²) in [6.45, 7) is 3.92. The lowest BCUT2D eigenvalue weighted by Crippen LogP contribution is -2.36. The van der Waals surface area contributed by atoms with Crippen molar-refractivity contribution in [1.82, 2.24) is 10.6 Å². The summed E-state index contributed by atoms with van der Waals surface area (Å²) >= 11 is 0. The second kappa shape index (κ2) is 6.33. The van der Waals surface area contributed by atoms with Crippen LogP contribution >= 0.6 is 0 Å². The van der Waals surface area contributed by atoms with Crippen molar-refractivity contribution in [2.75, 3.05) is 26.2 Å². The largest absolute Gasteiger partial charge is 0.330 e. The van der Waals surface area contributed by atoms with Crippen molar-refractivity contribution in [3.63, 3.8) is 0 Å². The summed E-state index contributed by atoms with van der Waals surface area (Å²) in [6, 6.07) is 0. The van der Waals surface area contributed by atoms with Gasteiger partial charge in [-0.15, -0.1) is 0 Å². The van der Waals surface area contributed by atoms with Crippen LogP contribution in [0.3, 0.4) is 0 Å². The van der Waals surface area contributed by atoms with Gasteiger partial charge in [-0.2, -0.15) is 0 Å². The number of unbranched alkanes of at least 4 members (excludes halogenated alkanes) is 1. The zero-order chi connectivity index (χ0) is 12.9. The Morgan fingerprint density at radius 1 is 0.722 bits per heavy atom. The SMILES string of the molecule is NCCC1(NCCCCNC2(CCN)CC2)CC1. The van der Waals surface area contributed by atoms with Crippen molar-refractivity contribution in [2.45, 2.75) is 62.4 Å². The minimum absolute atomic E-state index is 0.430. The van der Waals surface area contributed by atoms with Gasteiger partial charge in [0.05, 0.1) is 0 Å². The first-order valence-corrected chi connectivity index (χ1v) is 7.64. The number of hydrogen-bond acceptors (Lipinski definition) is 4. The average Bonchev–Trinajstić information content (AvgIpc) is 3.24. The summed E-state index contributed by atoms with van der Waals surface area (Å²) in [6.07, 6.45) is 10.1. The van der Waals surface area contributed by atoms with Gasteiger partial charge < -0.3 is 22.1 Å². The molecule has 0 unspecified atom stereocenters. The monoisotopic (exact) mass is 254 g/mol. The third-order valence-electron chi connectivity index (χ3n) is 4.56. The Morgan fingerprint density at radius 2 is 1.11 bits per heavy atom. The van der Waals surface area contributed by atoms with Gasteiger partial charge >= 0.3 is 0 Å². The van der Waals surface area contributed by atoms with Gasteiger partial charge in [-0.1, -0.05) is 0 Å². The Kier molecular flexibility index (Phi) is 5.01. The van der Waals surface area contributed by atoms with E-state index in [0.29, 0.717) is 11.1 Å². The highest BCUT2D eigenvalue weighted by Gasteiger charge is 2.41. The molecule has 0 atom stereocenters. The van der Waals surface area contributed by atoms with Gasteiger partial charge in [0.15, 0.2) is 0 Å². The minimum Gasteiger partial charge on any atom is -0.330 e. The molecule has 0 aliphatic heterocycles. The van der Waals surface area contributed by atoms with Crippen LogP contribution in [0.1, 0.15) is 51.4 Å². The molecular weight excluding hydrogens is 224 g/mol. The lowest BCUT2D eigenvalue weighted by atomic mass is 10.1. The molecule has 2 rings (SSSR count). The van der Waals surface area contributed by atoms with E-state index < -0.39 is 0 Å². The second-order valence-corrected chi connectivity index (χ2v) is 6.20. The predicted octanol–water partition coefficient (Wildman–Crippen LogP) is 0.709. The maximum Gasteiger partial charge on any atom is 0.0194 e. The van der Waals surface area contributed by atoms with Crippen molar-refractivity contribution in [3.8, 4) is 0 Å². The zero-order valence-corrected chi connectivity index (χ0v) is 11.6. The van der Waals surface area contributed by atoms with Crippen LogP contribution in [-0.2, 0) is 0 Å². The maximum atomic E-state index is 5.63. The smallest absolute Gasteiger partial charge is 0.0194 e. The third-order valence-corrected chi connectivity index (χ3v) is 4.56. The summed E-state index contributed by atoms with van der Waals surface area (Å²) in [5.74, 6) is 0. The van der Waals surface area contributed by atoms with Crippen LogP contribution in [0.15, 0.2) is 0 Å². The first-order chi connectivity index (χ1) is 8.74. The summed E-state index contributed by atoms with van der Waals surface area (Å²) in [5.41, 5.74) is 12.1. The van der Waals surface area contributed by atoms with Crippen molar-refractivity contribution < 1.29 is 0 Å². The Bertz CT molecular complexity index is 220. The maximum absolute atomic E-state index is 5.63. The van der Waals surface area contributed by atoms with Crippen LogP contribution in [0.5, 0.6) is 0 Å². The van der Waals surface area contributed by atoms with Crippen molar-refractivity contribution in [1.29, 1.82) is 0 Å². The normalized spacial score (nSPS) is 23.0. The number of nitrogens with one attached hydrogen (secondary N) is 2. The molecule has 0 aromatic heterocycles.